The number of anilines is 1. The lowest BCUT2D eigenvalue weighted by atomic mass is 10.2. The minimum atomic E-state index is 0.133. The first kappa shape index (κ1) is 13.1. The van der Waals surface area contributed by atoms with Crippen LogP contribution in [0.25, 0.3) is 11.4 Å². The van der Waals surface area contributed by atoms with Gasteiger partial charge in [-0.25, -0.2) is 0 Å². The maximum atomic E-state index is 5.60. The number of hydrogen-bond acceptors (Lipinski definition) is 6. The summed E-state index contributed by atoms with van der Waals surface area (Å²) in [6.07, 6.45) is 0.975. The zero-order valence-corrected chi connectivity index (χ0v) is 11.0. The van der Waals surface area contributed by atoms with E-state index >= 15 is 0 Å². The Kier molecular flexibility index (Phi) is 4.12. The predicted molar refractivity (Wildman–Crippen MR) is 72.0 cm³/mol. The van der Waals surface area contributed by atoms with Crippen LogP contribution in [0.4, 0.5) is 5.95 Å². The van der Waals surface area contributed by atoms with Gasteiger partial charge in [0, 0.05) is 5.56 Å². The average molecular weight is 260 g/mol. The van der Waals surface area contributed by atoms with Gasteiger partial charge in [-0.1, -0.05) is 6.92 Å². The molecule has 6 heteroatoms. The van der Waals surface area contributed by atoms with Crippen molar-refractivity contribution in [1.29, 1.82) is 0 Å². The fourth-order valence-electron chi connectivity index (χ4n) is 1.51. The van der Waals surface area contributed by atoms with E-state index in [0.717, 1.165) is 17.7 Å². The van der Waals surface area contributed by atoms with E-state index in [4.69, 9.17) is 15.2 Å². The van der Waals surface area contributed by atoms with Gasteiger partial charge < -0.3 is 15.2 Å². The van der Waals surface area contributed by atoms with Crippen LogP contribution in [0.1, 0.15) is 13.3 Å². The second kappa shape index (κ2) is 5.99. The van der Waals surface area contributed by atoms with E-state index in [1.165, 1.54) is 7.11 Å². The van der Waals surface area contributed by atoms with Gasteiger partial charge in [-0.3, -0.25) is 0 Å². The van der Waals surface area contributed by atoms with E-state index in [-0.39, 0.29) is 12.0 Å². The summed E-state index contributed by atoms with van der Waals surface area (Å²) in [5.41, 5.74) is 6.43. The summed E-state index contributed by atoms with van der Waals surface area (Å²) >= 11 is 0. The molecule has 1 aromatic heterocycles. The summed E-state index contributed by atoms with van der Waals surface area (Å²) in [5.74, 6) is 1.43. The molecule has 0 aliphatic rings. The van der Waals surface area contributed by atoms with Gasteiger partial charge in [0.05, 0.1) is 13.7 Å². The van der Waals surface area contributed by atoms with Crippen molar-refractivity contribution >= 4 is 5.95 Å². The zero-order valence-electron chi connectivity index (χ0n) is 11.0. The molecule has 2 rings (SSSR count). The van der Waals surface area contributed by atoms with Gasteiger partial charge >= 0.3 is 6.01 Å². The van der Waals surface area contributed by atoms with Crippen molar-refractivity contribution in [2.75, 3.05) is 19.5 Å². The molecule has 0 aliphatic carbocycles. The molecule has 0 unspecified atom stereocenters. The molecule has 0 amide bonds. The highest BCUT2D eigenvalue weighted by Gasteiger charge is 2.07. The Balaban J connectivity index is 2.24. The highest BCUT2D eigenvalue weighted by molar-refractivity contribution is 5.57. The zero-order chi connectivity index (χ0) is 13.7. The van der Waals surface area contributed by atoms with E-state index in [9.17, 15) is 0 Å². The molecule has 100 valence electrons. The van der Waals surface area contributed by atoms with Crippen LogP contribution in [-0.4, -0.2) is 28.7 Å². The van der Waals surface area contributed by atoms with Crippen molar-refractivity contribution < 1.29 is 9.47 Å². The molecule has 0 saturated carbocycles. The first-order chi connectivity index (χ1) is 9.22. The molecule has 6 nitrogen and oxygen atoms in total. The summed E-state index contributed by atoms with van der Waals surface area (Å²) in [4.78, 5) is 12.1. The van der Waals surface area contributed by atoms with Crippen LogP contribution < -0.4 is 15.2 Å². The Hall–Kier alpha value is -2.37. The van der Waals surface area contributed by atoms with Gasteiger partial charge in [-0.05, 0) is 30.7 Å². The summed E-state index contributed by atoms with van der Waals surface area (Å²) in [6.45, 7) is 2.76. The number of nitrogens with two attached hydrogens (primary N) is 1. The van der Waals surface area contributed by atoms with E-state index in [1.807, 2.05) is 24.3 Å². The Morgan fingerprint density at radius 3 is 2.47 bits per heavy atom. The highest BCUT2D eigenvalue weighted by atomic mass is 16.5. The number of hydrogen-bond donors (Lipinski definition) is 1. The summed E-state index contributed by atoms with van der Waals surface area (Å²) in [7, 11) is 1.49. The third kappa shape index (κ3) is 3.31. The molecular formula is C13H16N4O2. The molecule has 0 spiro atoms. The standard InChI is InChI=1S/C13H16N4O2/c1-3-8-19-10-6-4-9(5-7-10)11-15-12(14)17-13(16-11)18-2/h4-7H,3,8H2,1-2H3,(H2,14,15,16,17). The van der Waals surface area contributed by atoms with Crippen LogP contribution in [0.2, 0.25) is 0 Å². The molecule has 2 N–H and O–H groups in total. The quantitative estimate of drug-likeness (QED) is 0.884. The minimum absolute atomic E-state index is 0.133. The van der Waals surface area contributed by atoms with Crippen molar-refractivity contribution in [3.8, 4) is 23.1 Å². The molecule has 1 aromatic carbocycles. The summed E-state index contributed by atoms with van der Waals surface area (Å²) < 4.78 is 10.5. The van der Waals surface area contributed by atoms with E-state index in [1.54, 1.807) is 0 Å². The lowest BCUT2D eigenvalue weighted by Crippen LogP contribution is -2.02. The molecule has 2 aromatic rings. The average Bonchev–Trinajstić information content (AvgIpc) is 2.45. The number of nitrogen functional groups attached to an aromatic ring is 1. The largest absolute Gasteiger partial charge is 0.494 e. The minimum Gasteiger partial charge on any atom is -0.494 e. The van der Waals surface area contributed by atoms with Gasteiger partial charge in [0.25, 0.3) is 0 Å². The Labute approximate surface area is 111 Å². The summed E-state index contributed by atoms with van der Waals surface area (Å²) in [6, 6.07) is 7.70. The number of methoxy groups -OCH3 is 1. The smallest absolute Gasteiger partial charge is 0.321 e. The molecule has 0 bridgehead atoms. The van der Waals surface area contributed by atoms with Gasteiger partial charge in [-0.15, -0.1) is 0 Å². The topological polar surface area (TPSA) is 83.2 Å². The Morgan fingerprint density at radius 2 is 1.84 bits per heavy atom. The van der Waals surface area contributed by atoms with Crippen LogP contribution in [0.15, 0.2) is 24.3 Å². The van der Waals surface area contributed by atoms with Crippen molar-refractivity contribution in [2.45, 2.75) is 13.3 Å². The Morgan fingerprint density at radius 1 is 1.11 bits per heavy atom. The molecule has 0 radical (unpaired) electrons. The fourth-order valence-corrected chi connectivity index (χ4v) is 1.51. The van der Waals surface area contributed by atoms with E-state index in [2.05, 4.69) is 21.9 Å². The van der Waals surface area contributed by atoms with Crippen molar-refractivity contribution in [3.05, 3.63) is 24.3 Å². The van der Waals surface area contributed by atoms with Gasteiger partial charge in [-0.2, -0.15) is 15.0 Å². The fraction of sp³-hybridized carbons (Fsp3) is 0.308. The lowest BCUT2D eigenvalue weighted by Gasteiger charge is -2.06. The molecule has 0 aliphatic heterocycles. The first-order valence-corrected chi connectivity index (χ1v) is 6.01. The van der Waals surface area contributed by atoms with Crippen molar-refractivity contribution in [3.63, 3.8) is 0 Å². The van der Waals surface area contributed by atoms with Crippen LogP contribution >= 0.6 is 0 Å². The van der Waals surface area contributed by atoms with Crippen LogP contribution in [0.3, 0.4) is 0 Å². The number of ether oxygens (including phenoxy) is 2. The maximum Gasteiger partial charge on any atom is 0.321 e. The molecule has 0 saturated heterocycles. The van der Waals surface area contributed by atoms with Crippen molar-refractivity contribution in [1.82, 2.24) is 15.0 Å². The van der Waals surface area contributed by atoms with Crippen LogP contribution in [-0.2, 0) is 0 Å². The number of benzene rings is 1. The van der Waals surface area contributed by atoms with Crippen LogP contribution in [0, 0.1) is 0 Å². The maximum absolute atomic E-state index is 5.60. The number of aromatic nitrogens is 3. The number of rotatable bonds is 5. The molecule has 0 atom stereocenters. The second-order valence-corrected chi connectivity index (χ2v) is 3.88. The van der Waals surface area contributed by atoms with Crippen molar-refractivity contribution in [2.24, 2.45) is 0 Å². The van der Waals surface area contributed by atoms with E-state index < -0.39 is 0 Å². The normalized spacial score (nSPS) is 10.2. The third-order valence-electron chi connectivity index (χ3n) is 2.40. The lowest BCUT2D eigenvalue weighted by molar-refractivity contribution is 0.317. The molecule has 0 fully saturated rings. The van der Waals surface area contributed by atoms with Gasteiger partial charge in [0.15, 0.2) is 5.82 Å². The van der Waals surface area contributed by atoms with Gasteiger partial charge in [0.2, 0.25) is 5.95 Å². The van der Waals surface area contributed by atoms with E-state index in [0.29, 0.717) is 12.4 Å². The number of nitrogens with zero attached hydrogens (tertiary/aromatic N) is 3. The third-order valence-corrected chi connectivity index (χ3v) is 2.40. The molecule has 1 heterocycles. The predicted octanol–water partition coefficient (Wildman–Crippen LogP) is 1.92. The summed E-state index contributed by atoms with van der Waals surface area (Å²) in [5, 5.41) is 0. The second-order valence-electron chi connectivity index (χ2n) is 3.88. The SMILES string of the molecule is CCCOc1ccc(-c2nc(N)nc(OC)n2)cc1. The monoisotopic (exact) mass is 260 g/mol. The highest BCUT2D eigenvalue weighted by Crippen LogP contribution is 2.21. The molecular weight excluding hydrogens is 244 g/mol. The van der Waals surface area contributed by atoms with Gasteiger partial charge in [0.1, 0.15) is 5.75 Å². The molecule has 19 heavy (non-hydrogen) atoms. The van der Waals surface area contributed by atoms with Crippen LogP contribution in [0.5, 0.6) is 11.8 Å². The first-order valence-electron chi connectivity index (χ1n) is 6.01. The Bertz CT molecular complexity index is 543.